The molecular formula is C28H25N3O4. The van der Waals surface area contributed by atoms with Crippen LogP contribution in [0.4, 0.5) is 17.1 Å². The molecule has 1 aliphatic heterocycles. The summed E-state index contributed by atoms with van der Waals surface area (Å²) in [5, 5.41) is 14.8. The van der Waals surface area contributed by atoms with Crippen molar-refractivity contribution in [1.82, 2.24) is 0 Å². The molecule has 3 aromatic carbocycles. The van der Waals surface area contributed by atoms with Crippen molar-refractivity contribution in [2.24, 2.45) is 0 Å². The number of non-ortho nitro benzene ring substituents is 1. The Morgan fingerprint density at radius 3 is 2.46 bits per heavy atom. The third-order valence-electron chi connectivity index (χ3n) is 6.73. The first kappa shape index (κ1) is 22.5. The lowest BCUT2D eigenvalue weighted by Gasteiger charge is -2.35. The average molecular weight is 468 g/mol. The van der Waals surface area contributed by atoms with Crippen LogP contribution in [-0.2, 0) is 9.59 Å². The number of anilines is 2. The normalized spacial score (nSPS) is 19.3. The van der Waals surface area contributed by atoms with Gasteiger partial charge in [0.15, 0.2) is 5.78 Å². The van der Waals surface area contributed by atoms with E-state index in [2.05, 4.69) is 5.32 Å². The maximum absolute atomic E-state index is 13.8. The quantitative estimate of drug-likeness (QED) is 0.381. The maximum Gasteiger partial charge on any atom is 0.269 e. The number of fused-ring (bicyclic) bond motifs is 1. The van der Waals surface area contributed by atoms with Gasteiger partial charge in [0.2, 0.25) is 5.91 Å². The molecule has 0 saturated heterocycles. The molecule has 2 aliphatic rings. The number of allylic oxidation sites excluding steroid dienone is 1. The molecule has 0 aromatic heterocycles. The van der Waals surface area contributed by atoms with Crippen LogP contribution >= 0.6 is 0 Å². The Hall–Kier alpha value is -4.26. The number of carbonyl (C=O) groups excluding carboxylic acids is 2. The number of amides is 1. The van der Waals surface area contributed by atoms with E-state index in [1.54, 1.807) is 17.0 Å². The molecule has 0 fully saturated rings. The molecule has 0 spiro atoms. The van der Waals surface area contributed by atoms with Gasteiger partial charge in [-0.25, -0.2) is 0 Å². The Balaban J connectivity index is 1.68. The summed E-state index contributed by atoms with van der Waals surface area (Å²) in [5.41, 5.74) is 4.45. The van der Waals surface area contributed by atoms with Crippen LogP contribution in [0.3, 0.4) is 0 Å². The molecule has 1 amide bonds. The lowest BCUT2D eigenvalue weighted by Crippen LogP contribution is -2.38. The van der Waals surface area contributed by atoms with Gasteiger partial charge in [-0.15, -0.1) is 0 Å². The van der Waals surface area contributed by atoms with Crippen molar-refractivity contribution in [3.63, 3.8) is 0 Å². The summed E-state index contributed by atoms with van der Waals surface area (Å²) in [6, 6.07) is 23.1. The van der Waals surface area contributed by atoms with E-state index in [1.165, 1.54) is 6.07 Å². The first-order valence-corrected chi connectivity index (χ1v) is 11.7. The van der Waals surface area contributed by atoms with Crippen molar-refractivity contribution >= 4 is 28.8 Å². The van der Waals surface area contributed by atoms with Crippen LogP contribution in [0.1, 0.15) is 49.3 Å². The van der Waals surface area contributed by atoms with Crippen molar-refractivity contribution < 1.29 is 14.5 Å². The van der Waals surface area contributed by atoms with Crippen LogP contribution in [0.15, 0.2) is 90.1 Å². The number of para-hydroxylation sites is 2. The first-order valence-electron chi connectivity index (χ1n) is 11.7. The van der Waals surface area contributed by atoms with Gasteiger partial charge in [0, 0.05) is 36.2 Å². The summed E-state index contributed by atoms with van der Waals surface area (Å²) in [5.74, 6) is -0.341. The largest absolute Gasteiger partial charge is 0.357 e. The molecule has 1 heterocycles. The Bertz CT molecular complexity index is 1350. The molecule has 7 heteroatoms. The smallest absolute Gasteiger partial charge is 0.269 e. The number of carbonyl (C=O) groups is 2. The fraction of sp³-hybridized carbons (Fsp3) is 0.214. The highest BCUT2D eigenvalue weighted by Crippen LogP contribution is 2.47. The van der Waals surface area contributed by atoms with Crippen LogP contribution in [-0.4, -0.2) is 16.6 Å². The summed E-state index contributed by atoms with van der Waals surface area (Å²) in [6.07, 6.45) is 1.02. The number of Topliss-reactive ketones (excluding diaryl/α,β-unsaturated/α-hetero) is 1. The maximum atomic E-state index is 13.8. The Labute approximate surface area is 203 Å². The molecule has 7 nitrogen and oxygen atoms in total. The highest BCUT2D eigenvalue weighted by Gasteiger charge is 2.41. The van der Waals surface area contributed by atoms with Crippen LogP contribution in [0.2, 0.25) is 0 Å². The fourth-order valence-electron chi connectivity index (χ4n) is 5.11. The minimum atomic E-state index is -0.562. The zero-order valence-corrected chi connectivity index (χ0v) is 19.3. The molecule has 1 N–H and O–H groups in total. The SMILES string of the molecule is CCC(=O)N1c2ccccc2NC2=C(C(=O)C[C@@H](c3cccc([N+](=O)[O-])c3)C2)[C@H]1c1ccccc1. The average Bonchev–Trinajstić information content (AvgIpc) is 3.03. The predicted molar refractivity (Wildman–Crippen MR) is 134 cm³/mol. The van der Waals surface area contributed by atoms with E-state index in [4.69, 9.17) is 0 Å². The monoisotopic (exact) mass is 467 g/mol. The van der Waals surface area contributed by atoms with Gasteiger partial charge >= 0.3 is 0 Å². The molecule has 35 heavy (non-hydrogen) atoms. The molecule has 5 rings (SSSR count). The summed E-state index contributed by atoms with van der Waals surface area (Å²) in [4.78, 5) is 39.8. The van der Waals surface area contributed by atoms with E-state index in [-0.39, 0.29) is 29.7 Å². The number of hydrogen-bond donors (Lipinski definition) is 1. The van der Waals surface area contributed by atoms with E-state index in [9.17, 15) is 19.7 Å². The Kier molecular flexibility index (Phi) is 5.91. The topological polar surface area (TPSA) is 92.6 Å². The molecule has 3 aromatic rings. The number of nitrogens with one attached hydrogen (secondary N) is 1. The number of ketones is 1. The van der Waals surface area contributed by atoms with Gasteiger partial charge < -0.3 is 5.32 Å². The Morgan fingerprint density at radius 2 is 1.71 bits per heavy atom. The van der Waals surface area contributed by atoms with Gasteiger partial charge in [-0.2, -0.15) is 0 Å². The van der Waals surface area contributed by atoms with Gasteiger partial charge in [-0.05, 0) is 35.6 Å². The van der Waals surface area contributed by atoms with Crippen molar-refractivity contribution in [2.45, 2.75) is 38.1 Å². The third-order valence-corrected chi connectivity index (χ3v) is 6.73. The third kappa shape index (κ3) is 4.10. The summed E-state index contributed by atoms with van der Waals surface area (Å²) in [7, 11) is 0. The number of benzene rings is 3. The first-order chi connectivity index (χ1) is 17.0. The fourth-order valence-corrected chi connectivity index (χ4v) is 5.11. The second-order valence-electron chi connectivity index (χ2n) is 8.85. The van der Waals surface area contributed by atoms with Crippen LogP contribution in [0.5, 0.6) is 0 Å². The highest BCUT2D eigenvalue weighted by molar-refractivity contribution is 6.06. The zero-order valence-electron chi connectivity index (χ0n) is 19.3. The summed E-state index contributed by atoms with van der Waals surface area (Å²) >= 11 is 0. The molecule has 1 aliphatic carbocycles. The Morgan fingerprint density at radius 1 is 1.00 bits per heavy atom. The highest BCUT2D eigenvalue weighted by atomic mass is 16.6. The molecule has 0 saturated carbocycles. The van der Waals surface area contributed by atoms with Gasteiger partial charge in [-0.1, -0.05) is 61.5 Å². The van der Waals surface area contributed by atoms with E-state index in [0.29, 0.717) is 18.4 Å². The molecule has 0 unspecified atom stereocenters. The van der Waals surface area contributed by atoms with Gasteiger partial charge in [0.05, 0.1) is 22.3 Å². The van der Waals surface area contributed by atoms with E-state index < -0.39 is 11.0 Å². The van der Waals surface area contributed by atoms with Crippen molar-refractivity contribution in [3.8, 4) is 0 Å². The molecule has 176 valence electrons. The lowest BCUT2D eigenvalue weighted by atomic mass is 9.78. The van der Waals surface area contributed by atoms with Crippen molar-refractivity contribution in [3.05, 3.63) is 111 Å². The molecule has 0 bridgehead atoms. The van der Waals surface area contributed by atoms with Crippen LogP contribution < -0.4 is 10.2 Å². The second-order valence-corrected chi connectivity index (χ2v) is 8.85. The predicted octanol–water partition coefficient (Wildman–Crippen LogP) is 5.91. The zero-order chi connectivity index (χ0) is 24.5. The summed E-state index contributed by atoms with van der Waals surface area (Å²) < 4.78 is 0. The second kappa shape index (κ2) is 9.18. The molecular weight excluding hydrogens is 442 g/mol. The number of nitrogens with zero attached hydrogens (tertiary/aromatic N) is 2. The number of hydrogen-bond acceptors (Lipinski definition) is 5. The van der Waals surface area contributed by atoms with Gasteiger partial charge in [0.1, 0.15) is 0 Å². The van der Waals surface area contributed by atoms with Crippen LogP contribution in [0.25, 0.3) is 0 Å². The number of nitro benzene ring substituents is 1. The van der Waals surface area contributed by atoms with Gasteiger partial charge in [0.25, 0.3) is 5.69 Å². The van der Waals surface area contributed by atoms with Crippen molar-refractivity contribution in [1.29, 1.82) is 0 Å². The minimum absolute atomic E-state index is 0.00998. The standard InChI is InChI=1S/C28H25N3O4/c1-2-26(33)30-24-14-7-6-13-22(24)29-23-16-20(19-11-8-12-21(15-19)31(34)35)17-25(32)27(23)28(30)18-9-4-3-5-10-18/h3-15,20,28-29H,2,16-17H2,1H3/t20-,28+/m0/s1. The van der Waals surface area contributed by atoms with E-state index in [1.807, 2.05) is 67.6 Å². The van der Waals surface area contributed by atoms with Crippen molar-refractivity contribution in [2.75, 3.05) is 10.2 Å². The molecule has 0 radical (unpaired) electrons. The number of rotatable bonds is 4. The minimum Gasteiger partial charge on any atom is -0.357 e. The van der Waals surface area contributed by atoms with Crippen LogP contribution in [0, 0.1) is 10.1 Å². The molecule has 2 atom stereocenters. The van der Waals surface area contributed by atoms with E-state index >= 15 is 0 Å². The number of nitro groups is 1. The van der Waals surface area contributed by atoms with E-state index in [0.717, 1.165) is 28.2 Å². The summed E-state index contributed by atoms with van der Waals surface area (Å²) in [6.45, 7) is 1.82. The van der Waals surface area contributed by atoms with Gasteiger partial charge in [-0.3, -0.25) is 24.6 Å². The lowest BCUT2D eigenvalue weighted by molar-refractivity contribution is -0.384.